The molecule has 2 amide bonds. The topological polar surface area (TPSA) is 70.6 Å². The van der Waals surface area contributed by atoms with Crippen molar-refractivity contribution in [3.8, 4) is 0 Å². The molecule has 0 radical (unpaired) electrons. The average molecular weight is 316 g/mol. The van der Waals surface area contributed by atoms with Crippen molar-refractivity contribution in [2.45, 2.75) is 0 Å². The van der Waals surface area contributed by atoms with Gasteiger partial charge in [0.2, 0.25) is 0 Å². The SMILES string of the molecule is O=C(CNC(=O)c1ccccc1)N/N=C/c1ccc(Cl)cc1. The maximum atomic E-state index is 11.7. The highest BCUT2D eigenvalue weighted by Crippen LogP contribution is 2.07. The normalized spacial score (nSPS) is 10.4. The molecular weight excluding hydrogens is 302 g/mol. The number of hydrazone groups is 1. The van der Waals surface area contributed by atoms with Crippen LogP contribution in [-0.2, 0) is 4.79 Å². The first-order valence-electron chi connectivity index (χ1n) is 6.56. The molecule has 6 heteroatoms. The Kier molecular flexibility index (Phi) is 5.68. The Hall–Kier alpha value is -2.66. The molecule has 2 aromatic carbocycles. The third-order valence-corrected chi connectivity index (χ3v) is 2.97. The number of hydrogen-bond acceptors (Lipinski definition) is 3. The molecule has 2 N–H and O–H groups in total. The van der Waals surface area contributed by atoms with Gasteiger partial charge in [0.1, 0.15) is 0 Å². The summed E-state index contributed by atoms with van der Waals surface area (Å²) < 4.78 is 0. The first-order chi connectivity index (χ1) is 10.6. The Morgan fingerprint density at radius 1 is 1.05 bits per heavy atom. The average Bonchev–Trinajstić information content (AvgIpc) is 2.55. The Bertz CT molecular complexity index is 670. The van der Waals surface area contributed by atoms with E-state index in [1.165, 1.54) is 6.21 Å². The molecule has 5 nitrogen and oxygen atoms in total. The van der Waals surface area contributed by atoms with Gasteiger partial charge >= 0.3 is 0 Å². The highest BCUT2D eigenvalue weighted by atomic mass is 35.5. The van der Waals surface area contributed by atoms with Crippen LogP contribution in [0, 0.1) is 0 Å². The number of nitrogens with one attached hydrogen (secondary N) is 2. The summed E-state index contributed by atoms with van der Waals surface area (Å²) in [4.78, 5) is 23.3. The van der Waals surface area contributed by atoms with Crippen LogP contribution in [0.1, 0.15) is 15.9 Å². The largest absolute Gasteiger partial charge is 0.343 e. The molecule has 0 saturated heterocycles. The Morgan fingerprint density at radius 3 is 2.41 bits per heavy atom. The summed E-state index contributed by atoms with van der Waals surface area (Å²) in [6, 6.07) is 15.7. The van der Waals surface area contributed by atoms with E-state index in [1.807, 2.05) is 6.07 Å². The third kappa shape index (κ3) is 5.03. The van der Waals surface area contributed by atoms with Gasteiger partial charge in [0.05, 0.1) is 12.8 Å². The molecule has 0 aliphatic rings. The lowest BCUT2D eigenvalue weighted by molar-refractivity contribution is -0.120. The molecule has 2 aromatic rings. The summed E-state index contributed by atoms with van der Waals surface area (Å²) in [5.41, 5.74) is 3.64. The minimum absolute atomic E-state index is 0.147. The smallest absolute Gasteiger partial charge is 0.259 e. The van der Waals surface area contributed by atoms with Crippen molar-refractivity contribution >= 4 is 29.6 Å². The van der Waals surface area contributed by atoms with Crippen LogP contribution in [-0.4, -0.2) is 24.6 Å². The summed E-state index contributed by atoms with van der Waals surface area (Å²) in [5.74, 6) is -0.716. The molecule has 112 valence electrons. The summed E-state index contributed by atoms with van der Waals surface area (Å²) in [6.45, 7) is -0.147. The highest BCUT2D eigenvalue weighted by molar-refractivity contribution is 6.30. The third-order valence-electron chi connectivity index (χ3n) is 2.72. The molecule has 0 heterocycles. The molecule has 0 aromatic heterocycles. The molecule has 0 atom stereocenters. The van der Waals surface area contributed by atoms with Gasteiger partial charge in [-0.1, -0.05) is 41.9 Å². The van der Waals surface area contributed by atoms with Gasteiger partial charge < -0.3 is 5.32 Å². The number of nitrogens with zero attached hydrogens (tertiary/aromatic N) is 1. The van der Waals surface area contributed by atoms with Crippen LogP contribution in [0.4, 0.5) is 0 Å². The highest BCUT2D eigenvalue weighted by Gasteiger charge is 2.06. The molecule has 0 bridgehead atoms. The van der Waals surface area contributed by atoms with E-state index < -0.39 is 5.91 Å². The minimum atomic E-state index is -0.408. The second-order valence-electron chi connectivity index (χ2n) is 4.39. The van der Waals surface area contributed by atoms with Gasteiger partial charge in [0.25, 0.3) is 11.8 Å². The second kappa shape index (κ2) is 7.95. The van der Waals surface area contributed by atoms with Gasteiger partial charge in [-0.05, 0) is 29.8 Å². The fraction of sp³-hybridized carbons (Fsp3) is 0.0625. The van der Waals surface area contributed by atoms with E-state index in [0.29, 0.717) is 10.6 Å². The summed E-state index contributed by atoms with van der Waals surface area (Å²) in [6.07, 6.45) is 1.49. The molecular formula is C16H14ClN3O2. The van der Waals surface area contributed by atoms with Crippen molar-refractivity contribution in [2.75, 3.05) is 6.54 Å². The van der Waals surface area contributed by atoms with Crippen molar-refractivity contribution in [2.24, 2.45) is 5.10 Å². The molecule has 2 rings (SSSR count). The van der Waals surface area contributed by atoms with E-state index in [9.17, 15) is 9.59 Å². The molecule has 0 spiro atoms. The first-order valence-corrected chi connectivity index (χ1v) is 6.93. The van der Waals surface area contributed by atoms with E-state index >= 15 is 0 Å². The number of hydrogen-bond donors (Lipinski definition) is 2. The molecule has 0 aliphatic carbocycles. The lowest BCUT2D eigenvalue weighted by Gasteiger charge is -2.03. The number of rotatable bonds is 5. The predicted molar refractivity (Wildman–Crippen MR) is 86.0 cm³/mol. The minimum Gasteiger partial charge on any atom is -0.343 e. The van der Waals surface area contributed by atoms with Crippen LogP contribution in [0.5, 0.6) is 0 Å². The van der Waals surface area contributed by atoms with Crippen molar-refractivity contribution in [1.82, 2.24) is 10.7 Å². The standard InChI is InChI=1S/C16H14ClN3O2/c17-14-8-6-12(7-9-14)10-19-20-15(21)11-18-16(22)13-4-2-1-3-5-13/h1-10H,11H2,(H,18,22)(H,20,21)/b19-10+. The van der Waals surface area contributed by atoms with Crippen LogP contribution in [0.25, 0.3) is 0 Å². The summed E-state index contributed by atoms with van der Waals surface area (Å²) in [7, 11) is 0. The zero-order chi connectivity index (χ0) is 15.8. The van der Waals surface area contributed by atoms with Crippen LogP contribution in [0.3, 0.4) is 0 Å². The number of halogens is 1. The monoisotopic (exact) mass is 315 g/mol. The second-order valence-corrected chi connectivity index (χ2v) is 4.83. The number of amides is 2. The lowest BCUT2D eigenvalue weighted by Crippen LogP contribution is -2.34. The van der Waals surface area contributed by atoms with Crippen molar-refractivity contribution in [3.63, 3.8) is 0 Å². The molecule has 0 fully saturated rings. The molecule has 0 unspecified atom stereocenters. The van der Waals surface area contributed by atoms with E-state index in [2.05, 4.69) is 15.8 Å². The van der Waals surface area contributed by atoms with Gasteiger partial charge in [-0.25, -0.2) is 5.43 Å². The van der Waals surface area contributed by atoms with E-state index in [4.69, 9.17) is 11.6 Å². The van der Waals surface area contributed by atoms with Crippen LogP contribution >= 0.6 is 11.6 Å². The fourth-order valence-corrected chi connectivity index (χ4v) is 1.75. The van der Waals surface area contributed by atoms with Crippen molar-refractivity contribution in [3.05, 3.63) is 70.7 Å². The number of carbonyl (C=O) groups is 2. The summed E-state index contributed by atoms with van der Waals surface area (Å²) in [5, 5.41) is 6.94. The first kappa shape index (κ1) is 15.7. The summed E-state index contributed by atoms with van der Waals surface area (Å²) >= 11 is 5.76. The number of carbonyl (C=O) groups excluding carboxylic acids is 2. The Labute approximate surface area is 133 Å². The van der Waals surface area contributed by atoms with Crippen molar-refractivity contribution in [1.29, 1.82) is 0 Å². The van der Waals surface area contributed by atoms with Gasteiger partial charge in [-0.2, -0.15) is 5.10 Å². The number of benzene rings is 2. The molecule has 0 aliphatic heterocycles. The van der Waals surface area contributed by atoms with Crippen LogP contribution < -0.4 is 10.7 Å². The van der Waals surface area contributed by atoms with Crippen molar-refractivity contribution < 1.29 is 9.59 Å². The van der Waals surface area contributed by atoms with Crippen LogP contribution in [0.15, 0.2) is 59.7 Å². The van der Waals surface area contributed by atoms with Gasteiger partial charge in [0, 0.05) is 10.6 Å². The van der Waals surface area contributed by atoms with E-state index in [-0.39, 0.29) is 12.5 Å². The molecule has 0 saturated carbocycles. The fourth-order valence-electron chi connectivity index (χ4n) is 1.62. The zero-order valence-electron chi connectivity index (χ0n) is 11.6. The Balaban J connectivity index is 1.76. The Morgan fingerprint density at radius 2 is 1.73 bits per heavy atom. The molecule has 22 heavy (non-hydrogen) atoms. The van der Waals surface area contributed by atoms with Crippen LogP contribution in [0.2, 0.25) is 5.02 Å². The maximum Gasteiger partial charge on any atom is 0.259 e. The van der Waals surface area contributed by atoms with Gasteiger partial charge in [-0.15, -0.1) is 0 Å². The van der Waals surface area contributed by atoms with E-state index in [1.54, 1.807) is 48.5 Å². The zero-order valence-corrected chi connectivity index (χ0v) is 12.4. The van der Waals surface area contributed by atoms with Gasteiger partial charge in [-0.3, -0.25) is 9.59 Å². The quantitative estimate of drug-likeness (QED) is 0.656. The van der Waals surface area contributed by atoms with Gasteiger partial charge in [0.15, 0.2) is 0 Å². The maximum absolute atomic E-state index is 11.7. The predicted octanol–water partition coefficient (Wildman–Crippen LogP) is 2.22. The lowest BCUT2D eigenvalue weighted by atomic mass is 10.2. The van der Waals surface area contributed by atoms with E-state index in [0.717, 1.165) is 5.56 Å².